The second-order valence-corrected chi connectivity index (χ2v) is 7.52. The Morgan fingerprint density at radius 1 is 1.30 bits per heavy atom. The number of nitrogens with zero attached hydrogens (tertiary/aromatic N) is 4. The summed E-state index contributed by atoms with van der Waals surface area (Å²) in [6, 6.07) is 10.9. The molecule has 176 valence electrons. The van der Waals surface area contributed by atoms with Crippen LogP contribution in [0.15, 0.2) is 60.6 Å². The number of carbonyl (C=O) groups excluding carboxylic acids is 1. The number of carbonyl (C=O) groups is 1. The molecule has 2 atom stereocenters. The van der Waals surface area contributed by atoms with E-state index in [1.165, 1.54) is 0 Å². The minimum atomic E-state index is -1.12. The molecule has 0 fully saturated rings. The molecule has 0 radical (unpaired) electrons. The van der Waals surface area contributed by atoms with Crippen LogP contribution in [-0.4, -0.2) is 26.2 Å². The fourth-order valence-corrected chi connectivity index (χ4v) is 3.15. The highest BCUT2D eigenvalue weighted by atomic mass is 31.0. The van der Waals surface area contributed by atoms with Gasteiger partial charge in [-0.05, 0) is 62.1 Å². The Morgan fingerprint density at radius 2 is 2.03 bits per heavy atom. The summed E-state index contributed by atoms with van der Waals surface area (Å²) >= 11 is 0. The summed E-state index contributed by atoms with van der Waals surface area (Å²) in [7, 11) is 2.15. The molecular formula is C22H29FN7O2P. The molecule has 2 aromatic heterocycles. The standard InChI is InChI=1S/C21H26FN6OP.CH3NO/c1-15(29-23)6-3-2-4-13-28-20(16-9-11-24-12-10-16)26-21(27-28)25-18-8-5-7-17(14-18)19(22)30;2-1-3/h5-12,14,19H,2-4,13,23,30H2,1H3,(H,25,27);1H,(H2,2,3)/b15-6-;. The van der Waals surface area contributed by atoms with Crippen LogP contribution in [0.2, 0.25) is 0 Å². The van der Waals surface area contributed by atoms with Crippen LogP contribution in [0.1, 0.15) is 37.7 Å². The highest BCUT2D eigenvalue weighted by Gasteiger charge is 2.13. The largest absolute Gasteiger partial charge is 0.417 e. The Morgan fingerprint density at radius 3 is 2.70 bits per heavy atom. The van der Waals surface area contributed by atoms with Gasteiger partial charge >= 0.3 is 0 Å². The summed E-state index contributed by atoms with van der Waals surface area (Å²) in [4.78, 5) is 22.0. The highest BCUT2D eigenvalue weighted by Crippen LogP contribution is 2.27. The quantitative estimate of drug-likeness (QED) is 0.133. The molecule has 1 aromatic carbocycles. The molecule has 33 heavy (non-hydrogen) atoms. The van der Waals surface area contributed by atoms with E-state index in [9.17, 15) is 4.39 Å². The third-order valence-electron chi connectivity index (χ3n) is 4.51. The lowest BCUT2D eigenvalue weighted by molar-refractivity contribution is -0.106. The number of hydrogen-bond donors (Lipinski definition) is 3. The molecule has 11 heteroatoms. The van der Waals surface area contributed by atoms with Crippen LogP contribution in [0, 0.1) is 0 Å². The number of amides is 1. The maximum atomic E-state index is 13.6. The predicted octanol–water partition coefficient (Wildman–Crippen LogP) is 3.99. The maximum Gasteiger partial charge on any atom is 0.247 e. The van der Waals surface area contributed by atoms with Gasteiger partial charge in [-0.3, -0.25) is 9.78 Å². The molecule has 0 aliphatic carbocycles. The van der Waals surface area contributed by atoms with Crippen molar-refractivity contribution in [3.63, 3.8) is 0 Å². The third-order valence-corrected chi connectivity index (χ3v) is 4.90. The van der Waals surface area contributed by atoms with E-state index in [-0.39, 0.29) is 6.41 Å². The van der Waals surface area contributed by atoms with Gasteiger partial charge in [0.15, 0.2) is 5.82 Å². The lowest BCUT2D eigenvalue weighted by Gasteiger charge is -2.06. The zero-order chi connectivity index (χ0) is 24.1. The molecule has 3 rings (SSSR count). The van der Waals surface area contributed by atoms with Crippen molar-refractivity contribution in [1.82, 2.24) is 19.7 Å². The van der Waals surface area contributed by atoms with E-state index in [4.69, 9.17) is 10.7 Å². The monoisotopic (exact) mass is 473 g/mol. The van der Waals surface area contributed by atoms with Crippen LogP contribution in [-0.2, 0) is 16.2 Å². The molecule has 0 aliphatic heterocycles. The Hall–Kier alpha value is -3.36. The number of aryl methyl sites for hydroxylation is 1. The van der Waals surface area contributed by atoms with Crippen LogP contribution in [0.3, 0.4) is 0 Å². The second-order valence-electron chi connectivity index (χ2n) is 6.93. The molecule has 5 N–H and O–H groups in total. The van der Waals surface area contributed by atoms with Crippen molar-refractivity contribution in [3.8, 4) is 11.4 Å². The summed E-state index contributed by atoms with van der Waals surface area (Å²) in [5, 5.41) is 7.80. The van der Waals surface area contributed by atoms with E-state index >= 15 is 0 Å². The van der Waals surface area contributed by atoms with Crippen molar-refractivity contribution < 1.29 is 14.0 Å². The van der Waals surface area contributed by atoms with Crippen molar-refractivity contribution in [1.29, 1.82) is 0 Å². The van der Waals surface area contributed by atoms with E-state index < -0.39 is 5.91 Å². The molecule has 3 aromatic rings. The van der Waals surface area contributed by atoms with E-state index in [1.807, 2.05) is 35.9 Å². The van der Waals surface area contributed by atoms with Gasteiger partial charge in [0.2, 0.25) is 12.4 Å². The number of nitrogens with two attached hydrogens (primary N) is 2. The van der Waals surface area contributed by atoms with E-state index in [1.54, 1.807) is 30.6 Å². The van der Waals surface area contributed by atoms with Gasteiger partial charge in [-0.15, -0.1) is 5.10 Å². The Balaban J connectivity index is 0.00000122. The van der Waals surface area contributed by atoms with E-state index in [0.717, 1.165) is 36.3 Å². The molecule has 1 amide bonds. The Labute approximate surface area is 194 Å². The summed E-state index contributed by atoms with van der Waals surface area (Å²) < 4.78 is 15.5. The SMILES string of the molecule is C/C(=C/CCCCn1nc(Nc2cccc(C(F)P)c2)nc1-c1ccncc1)ON.NC=O. The van der Waals surface area contributed by atoms with Gasteiger partial charge in [0.1, 0.15) is 11.7 Å². The number of hydrogen-bond acceptors (Lipinski definition) is 7. The summed E-state index contributed by atoms with van der Waals surface area (Å²) in [6.45, 7) is 2.54. The minimum Gasteiger partial charge on any atom is -0.417 e. The van der Waals surface area contributed by atoms with Gasteiger partial charge in [-0.2, -0.15) is 10.9 Å². The number of nitrogens with one attached hydrogen (secondary N) is 1. The first-order valence-corrected chi connectivity index (χ1v) is 11.0. The van der Waals surface area contributed by atoms with Crippen molar-refractivity contribution in [2.24, 2.45) is 11.6 Å². The molecule has 9 nitrogen and oxygen atoms in total. The first-order chi connectivity index (χ1) is 16.0. The highest BCUT2D eigenvalue weighted by molar-refractivity contribution is 7.16. The molecule has 0 saturated carbocycles. The number of unbranched alkanes of at least 4 members (excludes halogenated alkanes) is 2. The summed E-state index contributed by atoms with van der Waals surface area (Å²) in [5.74, 6) is 5.94. The molecule has 0 aliphatic rings. The van der Waals surface area contributed by atoms with Gasteiger partial charge in [0.25, 0.3) is 0 Å². The normalized spacial score (nSPS) is 11.8. The van der Waals surface area contributed by atoms with Gasteiger partial charge < -0.3 is 15.9 Å². The number of benzene rings is 1. The number of pyridine rings is 1. The smallest absolute Gasteiger partial charge is 0.247 e. The molecular weight excluding hydrogens is 444 g/mol. The van der Waals surface area contributed by atoms with Crippen LogP contribution in [0.4, 0.5) is 16.0 Å². The summed E-state index contributed by atoms with van der Waals surface area (Å²) in [5.41, 5.74) is 6.40. The van der Waals surface area contributed by atoms with Gasteiger partial charge in [-0.1, -0.05) is 21.4 Å². The zero-order valence-corrected chi connectivity index (χ0v) is 19.5. The molecule has 0 spiro atoms. The lowest BCUT2D eigenvalue weighted by Crippen LogP contribution is -2.03. The first-order valence-electron chi connectivity index (χ1n) is 10.3. The van der Waals surface area contributed by atoms with Crippen LogP contribution < -0.4 is 16.9 Å². The predicted molar refractivity (Wildman–Crippen MR) is 130 cm³/mol. The average molecular weight is 473 g/mol. The van der Waals surface area contributed by atoms with Crippen molar-refractivity contribution in [3.05, 3.63) is 66.2 Å². The Bertz CT molecular complexity index is 1030. The topological polar surface area (TPSA) is 134 Å². The number of alkyl halides is 1. The van der Waals surface area contributed by atoms with Crippen LogP contribution >= 0.6 is 9.24 Å². The van der Waals surface area contributed by atoms with Crippen molar-refractivity contribution in [2.45, 2.75) is 38.6 Å². The molecule has 2 unspecified atom stereocenters. The van der Waals surface area contributed by atoms with Crippen LogP contribution in [0.5, 0.6) is 0 Å². The first kappa shape index (κ1) is 25.9. The molecule has 0 bridgehead atoms. The number of halogens is 1. The van der Waals surface area contributed by atoms with Crippen LogP contribution in [0.25, 0.3) is 11.4 Å². The fraction of sp³-hybridized carbons (Fsp3) is 0.273. The van der Waals surface area contributed by atoms with E-state index in [0.29, 0.717) is 23.8 Å². The van der Waals surface area contributed by atoms with E-state index in [2.05, 4.69) is 40.2 Å². The van der Waals surface area contributed by atoms with Gasteiger partial charge in [0.05, 0.1) is 0 Å². The number of rotatable bonds is 10. The number of anilines is 2. The number of aromatic nitrogens is 4. The minimum absolute atomic E-state index is 0.250. The second kappa shape index (κ2) is 13.9. The molecule has 2 heterocycles. The number of allylic oxidation sites excluding steroid dienone is 2. The third kappa shape index (κ3) is 8.59. The van der Waals surface area contributed by atoms with Gasteiger partial charge in [0, 0.05) is 30.2 Å². The molecule has 0 saturated heterocycles. The lowest BCUT2D eigenvalue weighted by atomic mass is 10.2. The number of primary amides is 1. The summed E-state index contributed by atoms with van der Waals surface area (Å²) in [6.07, 6.45) is 8.43. The van der Waals surface area contributed by atoms with Gasteiger partial charge in [-0.25, -0.2) is 9.07 Å². The van der Waals surface area contributed by atoms with Crippen molar-refractivity contribution in [2.75, 3.05) is 5.32 Å². The van der Waals surface area contributed by atoms with Crippen molar-refractivity contribution >= 4 is 27.3 Å². The fourth-order valence-electron chi connectivity index (χ4n) is 2.94. The maximum absolute atomic E-state index is 13.6. The average Bonchev–Trinajstić information content (AvgIpc) is 3.22. The Kier molecular flexibility index (Phi) is 10.9. The zero-order valence-electron chi connectivity index (χ0n) is 18.4.